The highest BCUT2D eigenvalue weighted by Crippen LogP contribution is 2.29. The molecule has 1 atom stereocenters. The van der Waals surface area contributed by atoms with E-state index < -0.39 is 11.6 Å². The summed E-state index contributed by atoms with van der Waals surface area (Å²) in [6, 6.07) is 20.5. The number of carbonyl (C=O) groups is 2. The molecule has 3 aromatic carbocycles. The first-order chi connectivity index (χ1) is 16.9. The maximum Gasteiger partial charge on any atom is 0.278 e. The van der Waals surface area contributed by atoms with Gasteiger partial charge in [0.2, 0.25) is 11.8 Å². The Morgan fingerprint density at radius 3 is 2.31 bits per heavy atom. The van der Waals surface area contributed by atoms with Crippen LogP contribution in [0.4, 0.5) is 11.4 Å². The Labute approximate surface area is 202 Å². The molecule has 4 aromatic rings. The third kappa shape index (κ3) is 4.77. The van der Waals surface area contributed by atoms with Gasteiger partial charge in [-0.25, -0.2) is 4.98 Å². The summed E-state index contributed by atoms with van der Waals surface area (Å²) in [6.07, 6.45) is 0.363. The Balaban J connectivity index is 1.89. The van der Waals surface area contributed by atoms with Gasteiger partial charge in [-0.2, -0.15) is 0 Å². The van der Waals surface area contributed by atoms with Gasteiger partial charge >= 0.3 is 0 Å². The molecule has 178 valence electrons. The van der Waals surface area contributed by atoms with Gasteiger partial charge in [-0.05, 0) is 36.8 Å². The molecule has 0 spiro atoms. The highest BCUT2D eigenvalue weighted by atomic mass is 16.5. The van der Waals surface area contributed by atoms with Crippen LogP contribution in [-0.2, 0) is 9.59 Å². The fourth-order valence-corrected chi connectivity index (χ4v) is 4.08. The summed E-state index contributed by atoms with van der Waals surface area (Å²) in [5.41, 5.74) is 2.29. The Morgan fingerprint density at radius 2 is 1.60 bits per heavy atom. The standard InChI is InChI=1S/C27H26N4O4/c1-4-22(26(33)30-21-14-8-10-16-24(21)35-3)31-23-15-9-7-13-20(23)29-25(27(31)34)18-11-5-6-12-19(18)28-17(2)32/h5-16,22H,4H2,1-3H3,(H,28,32)(H,30,33)/t22-/m1/s1. The van der Waals surface area contributed by atoms with Gasteiger partial charge in [-0.15, -0.1) is 0 Å². The zero-order chi connectivity index (χ0) is 24.9. The molecule has 1 aromatic heterocycles. The van der Waals surface area contributed by atoms with E-state index in [0.717, 1.165) is 0 Å². The molecule has 0 aliphatic carbocycles. The van der Waals surface area contributed by atoms with Crippen molar-refractivity contribution in [2.45, 2.75) is 26.3 Å². The summed E-state index contributed by atoms with van der Waals surface area (Å²) in [6.45, 7) is 3.25. The van der Waals surface area contributed by atoms with Crippen molar-refractivity contribution in [1.29, 1.82) is 0 Å². The van der Waals surface area contributed by atoms with E-state index in [1.165, 1.54) is 18.6 Å². The fraction of sp³-hybridized carbons (Fsp3) is 0.185. The van der Waals surface area contributed by atoms with E-state index in [2.05, 4.69) is 15.6 Å². The number of carbonyl (C=O) groups excluding carboxylic acids is 2. The lowest BCUT2D eigenvalue weighted by Crippen LogP contribution is -2.34. The number of nitrogens with zero attached hydrogens (tertiary/aromatic N) is 2. The maximum atomic E-state index is 13.9. The average Bonchev–Trinajstić information content (AvgIpc) is 2.86. The van der Waals surface area contributed by atoms with Crippen LogP contribution in [0.3, 0.4) is 0 Å². The molecule has 35 heavy (non-hydrogen) atoms. The smallest absolute Gasteiger partial charge is 0.278 e. The molecule has 0 radical (unpaired) electrons. The maximum absolute atomic E-state index is 13.9. The van der Waals surface area contributed by atoms with Crippen molar-refractivity contribution in [3.63, 3.8) is 0 Å². The molecular weight excluding hydrogens is 444 g/mol. The number of hydrogen-bond acceptors (Lipinski definition) is 5. The van der Waals surface area contributed by atoms with Crippen LogP contribution in [0, 0.1) is 0 Å². The van der Waals surface area contributed by atoms with Gasteiger partial charge in [-0.3, -0.25) is 19.0 Å². The average molecular weight is 471 g/mol. The first kappa shape index (κ1) is 23.7. The quantitative estimate of drug-likeness (QED) is 0.410. The molecule has 0 unspecified atom stereocenters. The topological polar surface area (TPSA) is 102 Å². The predicted molar refractivity (Wildman–Crippen MR) is 137 cm³/mol. The number of para-hydroxylation sites is 5. The second-order valence-corrected chi connectivity index (χ2v) is 7.96. The number of rotatable bonds is 7. The third-order valence-corrected chi connectivity index (χ3v) is 5.65. The Kier molecular flexibility index (Phi) is 6.91. The van der Waals surface area contributed by atoms with Gasteiger partial charge in [0.25, 0.3) is 5.56 Å². The fourth-order valence-electron chi connectivity index (χ4n) is 4.08. The summed E-state index contributed by atoms with van der Waals surface area (Å²) < 4.78 is 6.83. The van der Waals surface area contributed by atoms with Gasteiger partial charge in [-0.1, -0.05) is 49.4 Å². The number of amides is 2. The summed E-state index contributed by atoms with van der Waals surface area (Å²) in [4.78, 5) is 43.7. The largest absolute Gasteiger partial charge is 0.495 e. The molecule has 0 aliphatic heterocycles. The predicted octanol–water partition coefficient (Wildman–Crippen LogP) is 4.62. The van der Waals surface area contributed by atoms with Gasteiger partial charge in [0.05, 0.1) is 29.5 Å². The minimum Gasteiger partial charge on any atom is -0.495 e. The van der Waals surface area contributed by atoms with Crippen LogP contribution < -0.4 is 20.9 Å². The first-order valence-corrected chi connectivity index (χ1v) is 11.3. The molecule has 0 saturated heterocycles. The molecule has 0 bridgehead atoms. The van der Waals surface area contributed by atoms with E-state index in [1.54, 1.807) is 60.7 Å². The van der Waals surface area contributed by atoms with Crippen molar-refractivity contribution >= 4 is 34.2 Å². The van der Waals surface area contributed by atoms with E-state index >= 15 is 0 Å². The van der Waals surface area contributed by atoms with E-state index in [9.17, 15) is 14.4 Å². The van der Waals surface area contributed by atoms with Crippen LogP contribution in [0.1, 0.15) is 26.3 Å². The summed E-state index contributed by atoms with van der Waals surface area (Å²) in [5, 5.41) is 5.66. The van der Waals surface area contributed by atoms with E-state index in [-0.39, 0.29) is 17.5 Å². The number of nitrogens with one attached hydrogen (secondary N) is 2. The van der Waals surface area contributed by atoms with Crippen LogP contribution in [0.2, 0.25) is 0 Å². The zero-order valence-corrected chi connectivity index (χ0v) is 19.7. The lowest BCUT2D eigenvalue weighted by atomic mass is 10.1. The van der Waals surface area contributed by atoms with Gasteiger partial charge < -0.3 is 15.4 Å². The first-order valence-electron chi connectivity index (χ1n) is 11.3. The second-order valence-electron chi connectivity index (χ2n) is 7.96. The van der Waals surface area contributed by atoms with Crippen LogP contribution in [0.25, 0.3) is 22.3 Å². The molecule has 8 heteroatoms. The SMILES string of the molecule is CC[C@H](C(=O)Nc1ccccc1OC)n1c(=O)c(-c2ccccc2NC(C)=O)nc2ccccc21. The molecule has 4 rings (SSSR count). The van der Waals surface area contributed by atoms with Crippen molar-refractivity contribution in [2.24, 2.45) is 0 Å². The zero-order valence-electron chi connectivity index (χ0n) is 19.7. The van der Waals surface area contributed by atoms with E-state index in [0.29, 0.717) is 40.1 Å². The molecular formula is C27H26N4O4. The second kappa shape index (κ2) is 10.2. The number of aromatic nitrogens is 2. The third-order valence-electron chi connectivity index (χ3n) is 5.65. The minimum atomic E-state index is -0.813. The van der Waals surface area contributed by atoms with Crippen molar-refractivity contribution in [3.05, 3.63) is 83.2 Å². The summed E-state index contributed by atoms with van der Waals surface area (Å²) in [7, 11) is 1.53. The lowest BCUT2D eigenvalue weighted by molar-refractivity contribution is -0.119. The normalized spacial score (nSPS) is 11.6. The number of benzene rings is 3. The van der Waals surface area contributed by atoms with Crippen molar-refractivity contribution in [1.82, 2.24) is 9.55 Å². The van der Waals surface area contributed by atoms with Crippen LogP contribution in [0.15, 0.2) is 77.6 Å². The Hall–Kier alpha value is -4.46. The van der Waals surface area contributed by atoms with Gasteiger partial charge in [0, 0.05) is 12.5 Å². The molecule has 8 nitrogen and oxygen atoms in total. The van der Waals surface area contributed by atoms with Crippen molar-refractivity contribution < 1.29 is 14.3 Å². The Bertz CT molecular complexity index is 1460. The van der Waals surface area contributed by atoms with Crippen LogP contribution >= 0.6 is 0 Å². The van der Waals surface area contributed by atoms with Crippen molar-refractivity contribution in [2.75, 3.05) is 17.7 Å². The molecule has 2 N–H and O–H groups in total. The number of hydrogen-bond donors (Lipinski definition) is 2. The summed E-state index contributed by atoms with van der Waals surface area (Å²) >= 11 is 0. The van der Waals surface area contributed by atoms with Crippen molar-refractivity contribution in [3.8, 4) is 17.0 Å². The number of fused-ring (bicyclic) bond motifs is 1. The highest BCUT2D eigenvalue weighted by molar-refractivity contribution is 5.97. The van der Waals surface area contributed by atoms with Gasteiger partial charge in [0.1, 0.15) is 17.5 Å². The number of anilines is 2. The molecule has 2 amide bonds. The van der Waals surface area contributed by atoms with Gasteiger partial charge in [0.15, 0.2) is 0 Å². The van der Waals surface area contributed by atoms with Crippen LogP contribution in [-0.4, -0.2) is 28.5 Å². The molecule has 0 fully saturated rings. The lowest BCUT2D eigenvalue weighted by Gasteiger charge is -2.22. The number of ether oxygens (including phenoxy) is 1. The Morgan fingerprint density at radius 1 is 0.943 bits per heavy atom. The van der Waals surface area contributed by atoms with E-state index in [4.69, 9.17) is 4.74 Å². The minimum absolute atomic E-state index is 0.150. The van der Waals surface area contributed by atoms with Crippen LogP contribution in [0.5, 0.6) is 5.75 Å². The summed E-state index contributed by atoms with van der Waals surface area (Å²) in [5.74, 6) is -0.0923. The molecule has 1 heterocycles. The molecule has 0 aliphatic rings. The monoisotopic (exact) mass is 470 g/mol. The number of methoxy groups -OCH3 is 1. The molecule has 0 saturated carbocycles. The highest BCUT2D eigenvalue weighted by Gasteiger charge is 2.25. The van der Waals surface area contributed by atoms with E-state index in [1.807, 2.05) is 19.1 Å².